The lowest BCUT2D eigenvalue weighted by Crippen LogP contribution is -2.38. The van der Waals surface area contributed by atoms with Crippen LogP contribution in [0.1, 0.15) is 29.9 Å². The summed E-state index contributed by atoms with van der Waals surface area (Å²) >= 11 is 0. The molecule has 0 radical (unpaired) electrons. The van der Waals surface area contributed by atoms with Crippen LogP contribution in [0, 0.1) is 12.7 Å². The van der Waals surface area contributed by atoms with E-state index >= 15 is 0 Å². The van der Waals surface area contributed by atoms with E-state index in [1.807, 2.05) is 13.8 Å². The van der Waals surface area contributed by atoms with Crippen LogP contribution in [-0.2, 0) is 0 Å². The first kappa shape index (κ1) is 18.0. The van der Waals surface area contributed by atoms with Gasteiger partial charge in [-0.2, -0.15) is 0 Å². The van der Waals surface area contributed by atoms with Gasteiger partial charge in [0, 0.05) is 18.2 Å². The normalized spacial score (nSPS) is 12.3. The van der Waals surface area contributed by atoms with Gasteiger partial charge in [0.15, 0.2) is 0 Å². The van der Waals surface area contributed by atoms with Gasteiger partial charge >= 0.3 is 0 Å². The first-order valence-corrected chi connectivity index (χ1v) is 8.54. The van der Waals surface area contributed by atoms with Gasteiger partial charge in [0.1, 0.15) is 5.82 Å². The average molecular weight is 356 g/mol. The zero-order valence-corrected chi connectivity index (χ0v) is 15.0. The fraction of sp³-hybridized carbons (Fsp3) is 0.316. The van der Waals surface area contributed by atoms with E-state index in [0.717, 1.165) is 6.54 Å². The summed E-state index contributed by atoms with van der Waals surface area (Å²) in [5, 5.41) is 10.7. The number of benzene rings is 1. The van der Waals surface area contributed by atoms with E-state index in [-0.39, 0.29) is 23.5 Å². The molecule has 0 aliphatic rings. The zero-order chi connectivity index (χ0) is 18.7. The molecule has 7 heteroatoms. The molecule has 2 heterocycles. The molecule has 2 aromatic heterocycles. The molecular weight excluding hydrogens is 335 g/mol. The van der Waals surface area contributed by atoms with Gasteiger partial charge in [-0.1, -0.05) is 12.1 Å². The Bertz CT molecular complexity index is 921. The topological polar surface area (TPSA) is 80.0 Å². The van der Waals surface area contributed by atoms with Crippen LogP contribution in [0.25, 0.3) is 22.4 Å². The molecule has 0 bridgehead atoms. The fourth-order valence-corrected chi connectivity index (χ4v) is 2.80. The average Bonchev–Trinajstić information content (AvgIpc) is 3.01. The van der Waals surface area contributed by atoms with Crippen molar-refractivity contribution in [2.24, 2.45) is 0 Å². The number of halogens is 1. The number of hydrogen-bond acceptors (Lipinski definition) is 5. The van der Waals surface area contributed by atoms with Gasteiger partial charge in [-0.25, -0.2) is 9.37 Å². The molecule has 0 unspecified atom stereocenters. The highest BCUT2D eigenvalue weighted by molar-refractivity contribution is 6.07. The van der Waals surface area contributed by atoms with Crippen molar-refractivity contribution in [3.8, 4) is 11.3 Å². The number of nitrogens with one attached hydrogen (secondary N) is 2. The monoisotopic (exact) mass is 356 g/mol. The lowest BCUT2D eigenvalue weighted by atomic mass is 10.0. The SMILES string of the molecule is CCN[C@H](C)CNC(=O)c1cc(-c2ccc(F)cc2)nc2onc(C)c12. The van der Waals surface area contributed by atoms with E-state index in [1.54, 1.807) is 25.1 Å². The third-order valence-corrected chi connectivity index (χ3v) is 4.12. The summed E-state index contributed by atoms with van der Waals surface area (Å²) in [6.45, 7) is 7.10. The first-order valence-electron chi connectivity index (χ1n) is 8.54. The van der Waals surface area contributed by atoms with E-state index in [4.69, 9.17) is 4.52 Å². The Morgan fingerprint density at radius 1 is 1.31 bits per heavy atom. The molecule has 0 saturated carbocycles. The van der Waals surface area contributed by atoms with Gasteiger partial charge in [0.25, 0.3) is 11.6 Å². The van der Waals surface area contributed by atoms with Crippen LogP contribution in [0.5, 0.6) is 0 Å². The number of amides is 1. The summed E-state index contributed by atoms with van der Waals surface area (Å²) in [7, 11) is 0. The van der Waals surface area contributed by atoms with E-state index < -0.39 is 0 Å². The molecule has 0 spiro atoms. The van der Waals surface area contributed by atoms with E-state index in [0.29, 0.717) is 34.4 Å². The molecule has 136 valence electrons. The number of fused-ring (bicyclic) bond motifs is 1. The lowest BCUT2D eigenvalue weighted by molar-refractivity contribution is 0.0951. The molecule has 1 atom stereocenters. The fourth-order valence-electron chi connectivity index (χ4n) is 2.80. The molecule has 1 amide bonds. The minimum atomic E-state index is -0.333. The van der Waals surface area contributed by atoms with Crippen LogP contribution in [0.15, 0.2) is 34.9 Å². The minimum absolute atomic E-state index is 0.154. The van der Waals surface area contributed by atoms with Crippen LogP contribution in [0.3, 0.4) is 0 Å². The Hall–Kier alpha value is -2.80. The maximum atomic E-state index is 13.2. The second kappa shape index (κ2) is 7.61. The predicted octanol–water partition coefficient (Wildman–Crippen LogP) is 3.07. The molecular formula is C19H21FN4O2. The lowest BCUT2D eigenvalue weighted by Gasteiger charge is -2.14. The molecule has 3 rings (SSSR count). The Morgan fingerprint density at radius 2 is 2.04 bits per heavy atom. The summed E-state index contributed by atoms with van der Waals surface area (Å²) in [6, 6.07) is 7.77. The Kier molecular flexibility index (Phi) is 5.27. The summed E-state index contributed by atoms with van der Waals surface area (Å²) in [6.07, 6.45) is 0. The summed E-state index contributed by atoms with van der Waals surface area (Å²) in [5.41, 5.74) is 2.55. The summed E-state index contributed by atoms with van der Waals surface area (Å²) in [5.74, 6) is -0.558. The smallest absolute Gasteiger partial charge is 0.259 e. The van der Waals surface area contributed by atoms with Crippen LogP contribution in [-0.4, -0.2) is 35.2 Å². The van der Waals surface area contributed by atoms with Gasteiger partial charge in [-0.15, -0.1) is 0 Å². The van der Waals surface area contributed by atoms with Crippen molar-refractivity contribution in [2.45, 2.75) is 26.8 Å². The van der Waals surface area contributed by atoms with Crippen LogP contribution >= 0.6 is 0 Å². The molecule has 1 aromatic carbocycles. The first-order chi connectivity index (χ1) is 12.5. The highest BCUT2D eigenvalue weighted by Crippen LogP contribution is 2.27. The maximum Gasteiger partial charge on any atom is 0.259 e. The summed E-state index contributed by atoms with van der Waals surface area (Å²) < 4.78 is 18.4. The Balaban J connectivity index is 1.98. The highest BCUT2D eigenvalue weighted by atomic mass is 19.1. The van der Waals surface area contributed by atoms with Gasteiger partial charge in [-0.05, 0) is 50.7 Å². The number of carbonyl (C=O) groups excluding carboxylic acids is 1. The molecule has 2 N–H and O–H groups in total. The number of aromatic nitrogens is 2. The third-order valence-electron chi connectivity index (χ3n) is 4.12. The molecule has 6 nitrogen and oxygen atoms in total. The second-order valence-corrected chi connectivity index (χ2v) is 6.18. The van der Waals surface area contributed by atoms with Gasteiger partial charge in [-0.3, -0.25) is 4.79 Å². The quantitative estimate of drug-likeness (QED) is 0.709. The predicted molar refractivity (Wildman–Crippen MR) is 97.4 cm³/mol. The van der Waals surface area contributed by atoms with Crippen molar-refractivity contribution in [2.75, 3.05) is 13.1 Å². The number of hydrogen-bond donors (Lipinski definition) is 2. The maximum absolute atomic E-state index is 13.2. The number of pyridine rings is 1. The number of nitrogens with zero attached hydrogens (tertiary/aromatic N) is 2. The van der Waals surface area contributed by atoms with Crippen LogP contribution < -0.4 is 10.6 Å². The van der Waals surface area contributed by atoms with Crippen molar-refractivity contribution in [1.82, 2.24) is 20.8 Å². The van der Waals surface area contributed by atoms with E-state index in [1.165, 1.54) is 12.1 Å². The molecule has 0 saturated heterocycles. The van der Waals surface area contributed by atoms with Crippen LogP contribution in [0.2, 0.25) is 0 Å². The van der Waals surface area contributed by atoms with Crippen molar-refractivity contribution < 1.29 is 13.7 Å². The largest absolute Gasteiger partial charge is 0.350 e. The molecule has 3 aromatic rings. The number of likely N-dealkylation sites (N-methyl/N-ethyl adjacent to an activating group) is 1. The minimum Gasteiger partial charge on any atom is -0.350 e. The van der Waals surface area contributed by atoms with Crippen molar-refractivity contribution >= 4 is 17.0 Å². The number of aryl methyl sites for hydroxylation is 1. The third kappa shape index (κ3) is 3.72. The molecule has 0 aliphatic heterocycles. The van der Waals surface area contributed by atoms with Gasteiger partial charge < -0.3 is 15.2 Å². The molecule has 0 fully saturated rings. The van der Waals surface area contributed by atoms with Crippen molar-refractivity contribution in [3.63, 3.8) is 0 Å². The highest BCUT2D eigenvalue weighted by Gasteiger charge is 2.19. The van der Waals surface area contributed by atoms with Gasteiger partial charge in [0.2, 0.25) is 0 Å². The standard InChI is InChI=1S/C19H21FN4O2/c1-4-21-11(2)10-22-18(25)15-9-16(13-5-7-14(20)8-6-13)23-19-17(15)12(3)24-26-19/h5-9,11,21H,4,10H2,1-3H3,(H,22,25)/t11-/m1/s1. The van der Waals surface area contributed by atoms with Crippen molar-refractivity contribution in [3.05, 3.63) is 47.4 Å². The Labute approximate surface area is 150 Å². The summed E-state index contributed by atoms with van der Waals surface area (Å²) in [4.78, 5) is 17.2. The number of carbonyl (C=O) groups is 1. The van der Waals surface area contributed by atoms with E-state index in [2.05, 4.69) is 20.8 Å². The molecule has 26 heavy (non-hydrogen) atoms. The van der Waals surface area contributed by atoms with Crippen molar-refractivity contribution in [1.29, 1.82) is 0 Å². The molecule has 0 aliphatic carbocycles. The van der Waals surface area contributed by atoms with Crippen LogP contribution in [0.4, 0.5) is 4.39 Å². The second-order valence-electron chi connectivity index (χ2n) is 6.18. The van der Waals surface area contributed by atoms with Gasteiger partial charge in [0.05, 0.1) is 22.3 Å². The Morgan fingerprint density at radius 3 is 2.73 bits per heavy atom. The number of rotatable bonds is 6. The zero-order valence-electron chi connectivity index (χ0n) is 15.0. The van der Waals surface area contributed by atoms with E-state index in [9.17, 15) is 9.18 Å².